The van der Waals surface area contributed by atoms with Gasteiger partial charge in [-0.05, 0) is 128 Å². The van der Waals surface area contributed by atoms with Crippen LogP contribution >= 0.6 is 0 Å². The number of aryl methyl sites for hydroxylation is 4. The predicted octanol–water partition coefficient (Wildman–Crippen LogP) is 15.8. The maximum atomic E-state index is 9.26. The average molecular weight is 1150 g/mol. The molecule has 74 heavy (non-hydrogen) atoms. The zero-order chi connectivity index (χ0) is 57.7. The summed E-state index contributed by atoms with van der Waals surface area (Å²) in [7, 11) is 0. The normalized spacial score (nSPS) is 14.4. The van der Waals surface area contributed by atoms with Gasteiger partial charge in [0.05, 0.1) is 30.4 Å². The van der Waals surface area contributed by atoms with Crippen LogP contribution in [0.5, 0.6) is 11.5 Å². The van der Waals surface area contributed by atoms with Gasteiger partial charge in [-0.2, -0.15) is 18.2 Å². The minimum Gasteiger partial charge on any atom is -0.510 e. The van der Waals surface area contributed by atoms with Gasteiger partial charge in [-0.25, -0.2) is 4.98 Å². The Bertz CT molecular complexity index is 4520. The summed E-state index contributed by atoms with van der Waals surface area (Å²) < 4.78 is 101. The summed E-state index contributed by atoms with van der Waals surface area (Å²) in [5, 5.41) is 2.02. The van der Waals surface area contributed by atoms with E-state index in [-0.39, 0.29) is 54.4 Å². The van der Waals surface area contributed by atoms with Crippen molar-refractivity contribution in [1.29, 1.82) is 0 Å². The van der Waals surface area contributed by atoms with E-state index in [0.717, 1.165) is 75.6 Å². The first-order chi connectivity index (χ1) is 39.9. The molecule has 16 rings (SSSR count). The van der Waals surface area contributed by atoms with Gasteiger partial charge in [0, 0.05) is 44.3 Å². The molecule has 0 N–H and O–H groups in total. The Morgan fingerprint density at radius 3 is 1.99 bits per heavy atom. The molecule has 4 bridgehead atoms. The molecule has 0 atom stereocenters. The molecule has 0 aliphatic heterocycles. The van der Waals surface area contributed by atoms with E-state index in [1.807, 2.05) is 65.4 Å². The first-order valence-corrected chi connectivity index (χ1v) is 24.5. The Kier molecular flexibility index (Phi) is 9.63. The Labute approximate surface area is 461 Å². The van der Waals surface area contributed by atoms with Crippen molar-refractivity contribution in [2.75, 3.05) is 0 Å². The van der Waals surface area contributed by atoms with E-state index in [2.05, 4.69) is 111 Å². The van der Waals surface area contributed by atoms with Gasteiger partial charge in [0.2, 0.25) is 0 Å². The molecule has 5 nitrogen and oxygen atoms in total. The number of aromatic nitrogens is 4. The number of para-hydroxylation sites is 2. The number of hydrogen-bond acceptors (Lipinski definition) is 2. The number of benzene rings is 9. The molecule has 0 spiro atoms. The van der Waals surface area contributed by atoms with E-state index < -0.39 is 60.4 Å². The van der Waals surface area contributed by atoms with Crippen LogP contribution in [-0.4, -0.2) is 14.1 Å². The second-order valence-electron chi connectivity index (χ2n) is 19.6. The summed E-state index contributed by atoms with van der Waals surface area (Å²) >= 11 is 0. The largest absolute Gasteiger partial charge is 0.510 e. The smallest absolute Gasteiger partial charge is 0.268 e. The number of ether oxygens (including phenoxy) is 1. The Morgan fingerprint density at radius 2 is 1.24 bits per heavy atom. The molecule has 9 aromatic carbocycles. The van der Waals surface area contributed by atoms with E-state index >= 15 is 0 Å². The summed E-state index contributed by atoms with van der Waals surface area (Å²) in [5.74, 6) is 1.54. The molecule has 0 amide bonds. The maximum absolute atomic E-state index is 9.26. The average Bonchev–Trinajstić information content (AvgIpc) is 4.24. The van der Waals surface area contributed by atoms with Gasteiger partial charge in [-0.15, -0.1) is 29.7 Å². The van der Waals surface area contributed by atoms with E-state index in [4.69, 9.17) is 17.9 Å². The van der Waals surface area contributed by atoms with E-state index in [9.17, 15) is 5.48 Å². The Hall–Kier alpha value is -8.11. The van der Waals surface area contributed by atoms with Gasteiger partial charge in [0.25, 0.3) is 6.33 Å². The number of imidazole rings is 1. The number of pyridine rings is 1. The van der Waals surface area contributed by atoms with Crippen LogP contribution in [0.1, 0.15) is 62.3 Å². The first kappa shape index (κ1) is 36.7. The molecule has 12 aromatic rings. The number of nitrogens with zero attached hydrogens (tertiary/aromatic N) is 4. The van der Waals surface area contributed by atoms with Crippen LogP contribution in [0, 0.1) is 18.5 Å². The zero-order valence-corrected chi connectivity index (χ0v) is 43.0. The monoisotopic (exact) mass is 1150 g/mol. The fraction of sp³-hybridized carbons (Fsp3) is 0.118. The Morgan fingerprint density at radius 1 is 0.568 bits per heavy atom. The van der Waals surface area contributed by atoms with Gasteiger partial charge < -0.3 is 13.9 Å². The number of hydrogen-bond donors (Lipinski definition) is 0. The molecule has 362 valence electrons. The predicted molar refractivity (Wildman–Crippen MR) is 296 cm³/mol. The van der Waals surface area contributed by atoms with Crippen LogP contribution in [0.4, 0.5) is 0 Å². The third-order valence-electron chi connectivity index (χ3n) is 14.0. The Balaban J connectivity index is 0.00000694. The van der Waals surface area contributed by atoms with Gasteiger partial charge in [-0.1, -0.05) is 178 Å². The van der Waals surface area contributed by atoms with Crippen molar-refractivity contribution in [3.05, 3.63) is 258 Å². The van der Waals surface area contributed by atoms with Crippen molar-refractivity contribution >= 4 is 32.8 Å². The second-order valence-corrected chi connectivity index (χ2v) is 19.6. The van der Waals surface area contributed by atoms with Crippen molar-refractivity contribution in [2.45, 2.75) is 51.9 Å². The summed E-state index contributed by atoms with van der Waals surface area (Å²) in [6, 6.07) is 50.0. The van der Waals surface area contributed by atoms with Crippen LogP contribution in [0.25, 0.3) is 83.4 Å². The molecular formula is C68H52N4OPt-2. The molecule has 3 heterocycles. The first-order valence-electron chi connectivity index (χ1n) is 29.5. The fourth-order valence-corrected chi connectivity index (χ4v) is 10.2. The SMILES string of the molecule is [2H]c1c([2H])c([2H])c(-c2cccc(-c3c([2H])c([2H])c([2H])c([2H])c3[2H])c2-[n+]2[c-]n(-c3[c-]c(Oc4[c-]c5c(cc4)c4ccccc4n5-c4cc(C(C)(C)C)ccn4)ccc3)c3cc(-c4cc5ccc4CCc4ccc(cc4)CC5)ccc32)c([2H])c1[2H].[Pt]. The van der Waals surface area contributed by atoms with E-state index in [1.54, 1.807) is 28.8 Å². The third-order valence-corrected chi connectivity index (χ3v) is 14.0. The molecule has 4 aliphatic carbocycles. The summed E-state index contributed by atoms with van der Waals surface area (Å²) in [4.78, 5) is 4.85. The number of rotatable bonds is 8. The van der Waals surface area contributed by atoms with Gasteiger partial charge in [-0.3, -0.25) is 4.57 Å². The van der Waals surface area contributed by atoms with Crippen LogP contribution in [0.15, 0.2) is 212 Å². The zero-order valence-electron chi connectivity index (χ0n) is 50.8. The number of fused-ring (bicyclic) bond motifs is 4. The van der Waals surface area contributed by atoms with Crippen molar-refractivity contribution in [3.8, 4) is 62.1 Å². The molecule has 0 saturated heterocycles. The summed E-state index contributed by atoms with van der Waals surface area (Å²) in [5.41, 5.74) is 11.4. The maximum Gasteiger partial charge on any atom is 0.268 e. The molecular weight excluding hydrogens is 1080 g/mol. The van der Waals surface area contributed by atoms with Crippen LogP contribution in [-0.2, 0) is 52.2 Å². The minimum absolute atomic E-state index is 0. The fourth-order valence-electron chi connectivity index (χ4n) is 10.2. The standard InChI is InChI=1S/C68H52N4O.Pt/c1-68(2,3)53-38-39-69-66(42-53)72-62-23-11-10-20-59(62)60-36-35-56(44-64(60)72)73-55-19-12-18-54(43-55)70-45-71(67-57(49-14-6-4-7-15-49)21-13-22-58(67)50-16-8-5-9-17-50)63-37-34-52(41-65(63)70)61-40-48-29-28-46-24-26-47(27-25-46)30-32-51(61)33-31-48;/h4-27,31,33-42H,28-30,32H2,1-3H3;/q-2;/i4D,5D,6D,7D,8D,9D,14D,15D,16D,17D;. The van der Waals surface area contributed by atoms with Crippen molar-refractivity contribution < 1.29 is 44.1 Å². The van der Waals surface area contributed by atoms with E-state index in [1.165, 1.54) is 16.7 Å². The van der Waals surface area contributed by atoms with Gasteiger partial charge in [0.1, 0.15) is 5.82 Å². The van der Waals surface area contributed by atoms with Crippen LogP contribution in [0.3, 0.4) is 0 Å². The molecule has 0 fully saturated rings. The van der Waals surface area contributed by atoms with Crippen molar-refractivity contribution in [3.63, 3.8) is 0 Å². The molecule has 6 heteroatoms. The third kappa shape index (κ3) is 8.75. The van der Waals surface area contributed by atoms with Gasteiger partial charge in [0.15, 0.2) is 0 Å². The molecule has 0 saturated carbocycles. The molecule has 4 aliphatic rings. The molecule has 0 unspecified atom stereocenters. The van der Waals surface area contributed by atoms with Crippen molar-refractivity contribution in [1.82, 2.24) is 14.1 Å². The molecule has 0 radical (unpaired) electrons. The quantitative estimate of drug-likeness (QED) is 0.112. The van der Waals surface area contributed by atoms with E-state index in [0.29, 0.717) is 28.2 Å². The topological polar surface area (TPSA) is 35.9 Å². The summed E-state index contributed by atoms with van der Waals surface area (Å²) in [6.45, 7) is 6.53. The minimum atomic E-state index is -0.575. The van der Waals surface area contributed by atoms with Crippen molar-refractivity contribution in [2.24, 2.45) is 0 Å². The van der Waals surface area contributed by atoms with Crippen LogP contribution < -0.4 is 9.30 Å². The second kappa shape index (κ2) is 19.4. The van der Waals surface area contributed by atoms with Crippen LogP contribution in [0.2, 0.25) is 0 Å². The van der Waals surface area contributed by atoms with Gasteiger partial charge >= 0.3 is 0 Å². The summed E-state index contributed by atoms with van der Waals surface area (Å²) in [6.07, 6.45) is 8.74. The molecule has 3 aromatic heterocycles.